The van der Waals surface area contributed by atoms with Gasteiger partial charge in [0.2, 0.25) is 0 Å². The molecule has 0 saturated carbocycles. The van der Waals surface area contributed by atoms with Gasteiger partial charge < -0.3 is 14.6 Å². The molecule has 1 fully saturated rings. The van der Waals surface area contributed by atoms with Gasteiger partial charge in [0.1, 0.15) is 0 Å². The molecule has 4 unspecified atom stereocenters. The van der Waals surface area contributed by atoms with E-state index in [1.54, 1.807) is 12.1 Å². The molecule has 4 nitrogen and oxygen atoms in total. The summed E-state index contributed by atoms with van der Waals surface area (Å²) in [5.41, 5.74) is 1.64. The van der Waals surface area contributed by atoms with E-state index in [0.717, 1.165) is 24.8 Å². The number of carbonyl (C=O) groups excluding carboxylic acids is 1. The summed E-state index contributed by atoms with van der Waals surface area (Å²) >= 11 is 0. The number of ketones is 1. The Labute approximate surface area is 161 Å². The Morgan fingerprint density at radius 2 is 1.78 bits per heavy atom. The number of Topliss-reactive ketones (excluding diaryl/α,β-unsaturated/α-hetero) is 1. The molecule has 0 aromatic heterocycles. The minimum absolute atomic E-state index is 0.0624. The smallest absolute Gasteiger partial charge is 0.169 e. The summed E-state index contributed by atoms with van der Waals surface area (Å²) in [6.07, 6.45) is 1.75. The largest absolute Gasteiger partial charge is 0.390 e. The third-order valence-corrected chi connectivity index (χ3v) is 5.23. The highest BCUT2D eigenvalue weighted by molar-refractivity contribution is 5.98. The predicted molar refractivity (Wildman–Crippen MR) is 105 cm³/mol. The quantitative estimate of drug-likeness (QED) is 0.710. The molecular weight excluding hydrogens is 340 g/mol. The number of benzene rings is 2. The van der Waals surface area contributed by atoms with Crippen molar-refractivity contribution in [2.75, 3.05) is 13.2 Å². The Kier molecular flexibility index (Phi) is 7.16. The van der Waals surface area contributed by atoms with Crippen molar-refractivity contribution in [1.29, 1.82) is 0 Å². The molecule has 0 amide bonds. The SMILES string of the molecule is CC(c1ccccc1)C(C(=O)c1ccccc1)C(O)COC1CCCCO1. The Morgan fingerprint density at radius 1 is 1.11 bits per heavy atom. The minimum Gasteiger partial charge on any atom is -0.390 e. The van der Waals surface area contributed by atoms with Gasteiger partial charge in [-0.25, -0.2) is 0 Å². The molecule has 0 radical (unpaired) electrons. The van der Waals surface area contributed by atoms with Crippen molar-refractivity contribution in [2.45, 2.75) is 44.5 Å². The van der Waals surface area contributed by atoms with Gasteiger partial charge in [-0.05, 0) is 30.7 Å². The fraction of sp³-hybridized carbons (Fsp3) is 0.435. The zero-order valence-corrected chi connectivity index (χ0v) is 15.8. The van der Waals surface area contributed by atoms with Crippen molar-refractivity contribution in [3.8, 4) is 0 Å². The third-order valence-electron chi connectivity index (χ3n) is 5.23. The molecule has 144 valence electrons. The van der Waals surface area contributed by atoms with Crippen molar-refractivity contribution in [3.05, 3.63) is 71.8 Å². The second kappa shape index (κ2) is 9.79. The molecule has 4 atom stereocenters. The first-order valence-electron chi connectivity index (χ1n) is 9.72. The second-order valence-corrected chi connectivity index (χ2v) is 7.15. The normalized spacial score (nSPS) is 20.6. The van der Waals surface area contributed by atoms with Gasteiger partial charge in [0, 0.05) is 12.2 Å². The summed E-state index contributed by atoms with van der Waals surface area (Å²) in [7, 11) is 0. The molecule has 2 aromatic carbocycles. The van der Waals surface area contributed by atoms with Crippen molar-refractivity contribution in [2.24, 2.45) is 5.92 Å². The lowest BCUT2D eigenvalue weighted by atomic mass is 9.79. The van der Waals surface area contributed by atoms with Gasteiger partial charge in [-0.3, -0.25) is 4.79 Å². The molecule has 0 spiro atoms. The second-order valence-electron chi connectivity index (χ2n) is 7.15. The fourth-order valence-corrected chi connectivity index (χ4v) is 3.65. The number of carbonyl (C=O) groups is 1. The molecule has 2 aromatic rings. The molecule has 1 aliphatic heterocycles. The average molecular weight is 368 g/mol. The van der Waals surface area contributed by atoms with E-state index in [4.69, 9.17) is 9.47 Å². The standard InChI is InChI=1S/C23H28O4/c1-17(18-10-4-2-5-11-18)22(23(25)19-12-6-3-7-13-19)20(24)16-27-21-14-8-9-15-26-21/h2-7,10-13,17,20-22,24H,8-9,14-16H2,1H3. The van der Waals surface area contributed by atoms with Crippen molar-refractivity contribution in [1.82, 2.24) is 0 Å². The Morgan fingerprint density at radius 3 is 2.41 bits per heavy atom. The highest BCUT2D eigenvalue weighted by Gasteiger charge is 2.34. The summed E-state index contributed by atoms with van der Waals surface area (Å²) in [4.78, 5) is 13.2. The lowest BCUT2D eigenvalue weighted by Gasteiger charge is -2.30. The maximum Gasteiger partial charge on any atom is 0.169 e. The van der Waals surface area contributed by atoms with Crippen LogP contribution in [0, 0.1) is 5.92 Å². The molecule has 1 N–H and O–H groups in total. The van der Waals surface area contributed by atoms with Crippen molar-refractivity contribution in [3.63, 3.8) is 0 Å². The topological polar surface area (TPSA) is 55.8 Å². The monoisotopic (exact) mass is 368 g/mol. The lowest BCUT2D eigenvalue weighted by Crippen LogP contribution is -2.37. The summed E-state index contributed by atoms with van der Waals surface area (Å²) in [6.45, 7) is 2.76. The van der Waals surface area contributed by atoms with E-state index in [1.165, 1.54) is 0 Å². The summed E-state index contributed by atoms with van der Waals surface area (Å²) < 4.78 is 11.4. The molecule has 3 rings (SSSR count). The molecule has 1 aliphatic rings. The van der Waals surface area contributed by atoms with Gasteiger partial charge in [-0.2, -0.15) is 0 Å². The van der Waals surface area contributed by atoms with Gasteiger partial charge in [0.25, 0.3) is 0 Å². The van der Waals surface area contributed by atoms with Crippen LogP contribution in [0.1, 0.15) is 48.0 Å². The van der Waals surface area contributed by atoms with Crippen LogP contribution in [0.2, 0.25) is 0 Å². The van der Waals surface area contributed by atoms with Crippen molar-refractivity contribution < 1.29 is 19.4 Å². The molecule has 1 saturated heterocycles. The fourth-order valence-electron chi connectivity index (χ4n) is 3.65. The highest BCUT2D eigenvalue weighted by Crippen LogP contribution is 2.30. The number of hydrogen-bond acceptors (Lipinski definition) is 4. The Balaban J connectivity index is 1.76. The molecule has 4 heteroatoms. The van der Waals surface area contributed by atoms with Crippen LogP contribution in [0.4, 0.5) is 0 Å². The summed E-state index contributed by atoms with van der Waals surface area (Å²) in [6, 6.07) is 19.0. The van der Waals surface area contributed by atoms with Crippen LogP contribution in [0.15, 0.2) is 60.7 Å². The average Bonchev–Trinajstić information content (AvgIpc) is 2.74. The molecule has 1 heterocycles. The van der Waals surface area contributed by atoms with E-state index in [-0.39, 0.29) is 24.6 Å². The zero-order chi connectivity index (χ0) is 19.1. The molecule has 0 aliphatic carbocycles. The van der Waals surface area contributed by atoms with Crippen LogP contribution in [0.25, 0.3) is 0 Å². The summed E-state index contributed by atoms with van der Waals surface area (Å²) in [5, 5.41) is 10.9. The maximum atomic E-state index is 13.2. The molecule has 27 heavy (non-hydrogen) atoms. The van der Waals surface area contributed by atoms with Gasteiger partial charge in [0.15, 0.2) is 12.1 Å². The van der Waals surface area contributed by atoms with E-state index < -0.39 is 12.0 Å². The third kappa shape index (κ3) is 5.25. The van der Waals surface area contributed by atoms with E-state index in [9.17, 15) is 9.90 Å². The number of aliphatic hydroxyl groups excluding tert-OH is 1. The first kappa shape index (κ1) is 19.7. The highest BCUT2D eigenvalue weighted by atomic mass is 16.7. The predicted octanol–water partition coefficient (Wildman–Crippen LogP) is 4.19. The maximum absolute atomic E-state index is 13.2. The summed E-state index contributed by atoms with van der Waals surface area (Å²) in [5.74, 6) is -0.782. The van der Waals surface area contributed by atoms with Crippen LogP contribution in [0.3, 0.4) is 0 Å². The van der Waals surface area contributed by atoms with Gasteiger partial charge >= 0.3 is 0 Å². The number of aliphatic hydroxyl groups is 1. The van der Waals surface area contributed by atoms with Crippen LogP contribution < -0.4 is 0 Å². The van der Waals surface area contributed by atoms with Gasteiger partial charge in [-0.15, -0.1) is 0 Å². The Bertz CT molecular complexity index is 695. The number of rotatable bonds is 8. The first-order chi connectivity index (χ1) is 13.2. The number of ether oxygens (including phenoxy) is 2. The van der Waals surface area contributed by atoms with E-state index >= 15 is 0 Å². The van der Waals surface area contributed by atoms with Gasteiger partial charge in [0.05, 0.1) is 18.6 Å². The molecular formula is C23H28O4. The molecule has 0 bridgehead atoms. The first-order valence-corrected chi connectivity index (χ1v) is 9.72. The van der Waals surface area contributed by atoms with Crippen LogP contribution in [-0.4, -0.2) is 36.5 Å². The van der Waals surface area contributed by atoms with Crippen LogP contribution in [0.5, 0.6) is 0 Å². The lowest BCUT2D eigenvalue weighted by molar-refractivity contribution is -0.178. The van der Waals surface area contributed by atoms with E-state index in [0.29, 0.717) is 12.2 Å². The van der Waals surface area contributed by atoms with Crippen LogP contribution in [-0.2, 0) is 9.47 Å². The minimum atomic E-state index is -0.904. The zero-order valence-electron chi connectivity index (χ0n) is 15.8. The van der Waals surface area contributed by atoms with Gasteiger partial charge in [-0.1, -0.05) is 67.6 Å². The van der Waals surface area contributed by atoms with Crippen LogP contribution >= 0.6 is 0 Å². The Hall–Kier alpha value is -2.01. The number of hydrogen-bond donors (Lipinski definition) is 1. The van der Waals surface area contributed by atoms with E-state index in [1.807, 2.05) is 55.5 Å². The van der Waals surface area contributed by atoms with Crippen molar-refractivity contribution >= 4 is 5.78 Å². The van der Waals surface area contributed by atoms with E-state index in [2.05, 4.69) is 0 Å².